The average Bonchev–Trinajstić information content (AvgIpc) is 3.39. The van der Waals surface area contributed by atoms with Crippen LogP contribution in [0.25, 0.3) is 27.3 Å². The van der Waals surface area contributed by atoms with E-state index in [1.54, 1.807) is 19.3 Å². The Balaban J connectivity index is 1.72. The van der Waals surface area contributed by atoms with Crippen LogP contribution in [0.15, 0.2) is 55.0 Å². The lowest BCUT2D eigenvalue weighted by Crippen LogP contribution is -2.35. The molecule has 4 aromatic rings. The van der Waals surface area contributed by atoms with E-state index < -0.39 is 6.09 Å². The predicted molar refractivity (Wildman–Crippen MR) is 121 cm³/mol. The highest BCUT2D eigenvalue weighted by molar-refractivity contribution is 7.19. The van der Waals surface area contributed by atoms with Crippen LogP contribution in [0.3, 0.4) is 0 Å². The first-order chi connectivity index (χ1) is 14.9. The van der Waals surface area contributed by atoms with Crippen LogP contribution in [0.2, 0.25) is 0 Å². The first-order valence-electron chi connectivity index (χ1n) is 9.67. The summed E-state index contributed by atoms with van der Waals surface area (Å²) in [5.41, 5.74) is 3.64. The van der Waals surface area contributed by atoms with Crippen molar-refractivity contribution in [3.63, 3.8) is 0 Å². The molecule has 0 radical (unpaired) electrons. The standard InChI is InChI=1S/C22H21N5O3S/c1-13(2)27(22(29)30)21-24-10-18(31-21)14-8-9-19-25-17(12-26(19)11-14)15-6-4-5-7-16(15)20(28)23-3/h4-13H,1-3H3,(H,23,28)(H,29,30). The number of anilines is 1. The summed E-state index contributed by atoms with van der Waals surface area (Å²) >= 11 is 1.32. The van der Waals surface area contributed by atoms with Crippen molar-refractivity contribution in [2.24, 2.45) is 0 Å². The van der Waals surface area contributed by atoms with Crippen molar-refractivity contribution >= 4 is 34.1 Å². The number of hydrogen-bond acceptors (Lipinski definition) is 5. The summed E-state index contributed by atoms with van der Waals surface area (Å²) in [5, 5.41) is 12.6. The second-order valence-electron chi connectivity index (χ2n) is 7.19. The zero-order valence-electron chi connectivity index (χ0n) is 17.2. The zero-order chi connectivity index (χ0) is 22.1. The number of thiazole rings is 1. The number of amides is 2. The third-order valence-electron chi connectivity index (χ3n) is 4.83. The molecule has 1 aromatic carbocycles. The number of hydrogen-bond donors (Lipinski definition) is 2. The maximum Gasteiger partial charge on any atom is 0.413 e. The lowest BCUT2D eigenvalue weighted by molar-refractivity contribution is 0.0963. The molecule has 0 saturated carbocycles. The van der Waals surface area contributed by atoms with Gasteiger partial charge in [0.1, 0.15) is 5.65 Å². The molecule has 0 spiro atoms. The summed E-state index contributed by atoms with van der Waals surface area (Å²) in [5.74, 6) is -0.168. The van der Waals surface area contributed by atoms with Crippen LogP contribution in [-0.4, -0.2) is 44.6 Å². The lowest BCUT2D eigenvalue weighted by Gasteiger charge is -2.19. The van der Waals surface area contributed by atoms with E-state index in [1.807, 2.05) is 61.0 Å². The Labute approximate surface area is 182 Å². The molecule has 0 atom stereocenters. The van der Waals surface area contributed by atoms with Crippen molar-refractivity contribution < 1.29 is 14.7 Å². The molecule has 0 saturated heterocycles. The van der Waals surface area contributed by atoms with E-state index in [0.717, 1.165) is 21.7 Å². The van der Waals surface area contributed by atoms with E-state index in [1.165, 1.54) is 16.2 Å². The van der Waals surface area contributed by atoms with Gasteiger partial charge in [0.05, 0.1) is 10.6 Å². The van der Waals surface area contributed by atoms with Crippen molar-refractivity contribution in [3.05, 3.63) is 60.6 Å². The summed E-state index contributed by atoms with van der Waals surface area (Å²) in [4.78, 5) is 34.8. The molecule has 0 aliphatic rings. The quantitative estimate of drug-likeness (QED) is 0.485. The van der Waals surface area contributed by atoms with Crippen LogP contribution in [-0.2, 0) is 0 Å². The van der Waals surface area contributed by atoms with E-state index in [0.29, 0.717) is 16.4 Å². The van der Waals surface area contributed by atoms with Crippen LogP contribution >= 0.6 is 11.3 Å². The average molecular weight is 436 g/mol. The van der Waals surface area contributed by atoms with Crippen LogP contribution in [0.4, 0.5) is 9.93 Å². The largest absolute Gasteiger partial charge is 0.465 e. The van der Waals surface area contributed by atoms with Gasteiger partial charge in [0.15, 0.2) is 5.13 Å². The number of rotatable bonds is 5. The molecule has 4 rings (SSSR count). The van der Waals surface area contributed by atoms with E-state index in [4.69, 9.17) is 0 Å². The molecular formula is C22H21N5O3S. The van der Waals surface area contributed by atoms with Crippen LogP contribution in [0.1, 0.15) is 24.2 Å². The van der Waals surface area contributed by atoms with Crippen molar-refractivity contribution in [1.29, 1.82) is 0 Å². The molecular weight excluding hydrogens is 414 g/mol. The van der Waals surface area contributed by atoms with Crippen LogP contribution < -0.4 is 10.2 Å². The number of nitrogens with one attached hydrogen (secondary N) is 1. The van der Waals surface area contributed by atoms with Crippen molar-refractivity contribution in [1.82, 2.24) is 19.7 Å². The fraction of sp³-hybridized carbons (Fsp3) is 0.182. The van der Waals surface area contributed by atoms with Gasteiger partial charge < -0.3 is 14.8 Å². The topological polar surface area (TPSA) is 99.8 Å². The molecule has 3 heterocycles. The van der Waals surface area contributed by atoms with Gasteiger partial charge in [-0.3, -0.25) is 9.69 Å². The minimum absolute atomic E-state index is 0.168. The number of carboxylic acid groups (broad SMARTS) is 1. The third-order valence-corrected chi connectivity index (χ3v) is 5.88. The minimum Gasteiger partial charge on any atom is -0.465 e. The highest BCUT2D eigenvalue weighted by Crippen LogP contribution is 2.33. The predicted octanol–water partition coefficient (Wildman–Crippen LogP) is 4.38. The molecule has 0 aliphatic heterocycles. The van der Waals surface area contributed by atoms with Crippen LogP contribution in [0.5, 0.6) is 0 Å². The van der Waals surface area contributed by atoms with Gasteiger partial charge >= 0.3 is 6.09 Å². The molecule has 0 bridgehead atoms. The number of carbonyl (C=O) groups is 2. The summed E-state index contributed by atoms with van der Waals surface area (Å²) < 4.78 is 1.89. The van der Waals surface area contributed by atoms with Gasteiger partial charge in [-0.2, -0.15) is 0 Å². The Hall–Kier alpha value is -3.72. The second kappa shape index (κ2) is 8.19. The highest BCUT2D eigenvalue weighted by atomic mass is 32.1. The first-order valence-corrected chi connectivity index (χ1v) is 10.5. The van der Waals surface area contributed by atoms with Gasteiger partial charge in [-0.1, -0.05) is 29.5 Å². The van der Waals surface area contributed by atoms with Crippen LogP contribution in [0, 0.1) is 0 Å². The molecule has 8 nitrogen and oxygen atoms in total. The highest BCUT2D eigenvalue weighted by Gasteiger charge is 2.22. The van der Waals surface area contributed by atoms with Gasteiger partial charge in [-0.15, -0.1) is 0 Å². The number of fused-ring (bicyclic) bond motifs is 1. The first kappa shape index (κ1) is 20.5. The fourth-order valence-electron chi connectivity index (χ4n) is 3.34. The zero-order valence-corrected chi connectivity index (χ0v) is 18.1. The smallest absolute Gasteiger partial charge is 0.413 e. The van der Waals surface area contributed by atoms with Crippen molar-refractivity contribution in [3.8, 4) is 21.7 Å². The van der Waals surface area contributed by atoms with Gasteiger partial charge in [-0.25, -0.2) is 14.8 Å². The van der Waals surface area contributed by atoms with E-state index in [2.05, 4.69) is 15.3 Å². The number of aromatic nitrogens is 3. The van der Waals surface area contributed by atoms with E-state index in [9.17, 15) is 14.7 Å². The number of benzene rings is 1. The Morgan fingerprint density at radius 1 is 1.16 bits per heavy atom. The minimum atomic E-state index is -1.03. The van der Waals surface area contributed by atoms with Gasteiger partial charge in [-0.05, 0) is 32.0 Å². The molecule has 3 aromatic heterocycles. The maximum absolute atomic E-state index is 12.2. The second-order valence-corrected chi connectivity index (χ2v) is 8.20. The van der Waals surface area contributed by atoms with Crippen molar-refractivity contribution in [2.45, 2.75) is 19.9 Å². The molecule has 31 heavy (non-hydrogen) atoms. The number of nitrogens with zero attached hydrogens (tertiary/aromatic N) is 4. The third kappa shape index (κ3) is 3.87. The Kier molecular flexibility index (Phi) is 5.43. The molecule has 0 fully saturated rings. The van der Waals surface area contributed by atoms with Crippen molar-refractivity contribution in [2.75, 3.05) is 11.9 Å². The molecule has 0 unspecified atom stereocenters. The summed E-state index contributed by atoms with van der Waals surface area (Å²) in [6.07, 6.45) is 4.45. The Morgan fingerprint density at radius 2 is 1.94 bits per heavy atom. The summed E-state index contributed by atoms with van der Waals surface area (Å²) in [6, 6.07) is 10.9. The maximum atomic E-state index is 12.2. The van der Waals surface area contributed by atoms with Gasteiger partial charge in [0.2, 0.25) is 0 Å². The van der Waals surface area contributed by atoms with Gasteiger partial charge in [0.25, 0.3) is 5.91 Å². The fourth-order valence-corrected chi connectivity index (χ4v) is 4.37. The molecule has 0 aliphatic carbocycles. The molecule has 158 valence electrons. The number of imidazole rings is 1. The molecule has 9 heteroatoms. The Morgan fingerprint density at radius 3 is 2.65 bits per heavy atom. The van der Waals surface area contributed by atoms with E-state index >= 15 is 0 Å². The molecule has 2 amide bonds. The number of pyridine rings is 1. The summed E-state index contributed by atoms with van der Waals surface area (Å²) in [7, 11) is 1.60. The normalized spacial score (nSPS) is 11.1. The SMILES string of the molecule is CNC(=O)c1ccccc1-c1cn2cc(-c3cnc(N(C(=O)O)C(C)C)s3)ccc2n1. The monoisotopic (exact) mass is 435 g/mol. The summed E-state index contributed by atoms with van der Waals surface area (Å²) in [6.45, 7) is 3.62. The molecule has 2 N–H and O–H groups in total. The number of carbonyl (C=O) groups excluding carboxylic acids is 1. The van der Waals surface area contributed by atoms with Gasteiger partial charge in [0, 0.05) is 48.4 Å². The van der Waals surface area contributed by atoms with E-state index in [-0.39, 0.29) is 11.9 Å². The Bertz CT molecular complexity index is 1280. The lowest BCUT2D eigenvalue weighted by atomic mass is 10.0.